The predicted octanol–water partition coefficient (Wildman–Crippen LogP) is 0.778. The second kappa shape index (κ2) is 1.79. The fourth-order valence-electron chi connectivity index (χ4n) is 3.45. The van der Waals surface area contributed by atoms with Crippen molar-refractivity contribution in [3.63, 3.8) is 0 Å². The maximum Gasteiger partial charge on any atom is 0.223 e. The summed E-state index contributed by atoms with van der Waals surface area (Å²) in [5, 5.41) is 2.98. The molecule has 0 aromatic rings. The zero-order valence-electron chi connectivity index (χ0n) is 6.55. The Kier molecular flexibility index (Phi) is 0.984. The van der Waals surface area contributed by atoms with Gasteiger partial charge < -0.3 is 5.32 Å². The van der Waals surface area contributed by atoms with Crippen LogP contribution in [0.5, 0.6) is 0 Å². The smallest absolute Gasteiger partial charge is 0.223 e. The average molecular weight is 151 g/mol. The number of amides is 1. The molecule has 60 valence electrons. The van der Waals surface area contributed by atoms with E-state index in [1.807, 2.05) is 0 Å². The van der Waals surface area contributed by atoms with Gasteiger partial charge in [0, 0.05) is 12.5 Å². The highest BCUT2D eigenvalue weighted by Gasteiger charge is 2.53. The third-order valence-corrected chi connectivity index (χ3v) is 3.90. The summed E-state index contributed by atoms with van der Waals surface area (Å²) in [5.41, 5.74) is 0. The molecule has 2 nitrogen and oxygen atoms in total. The van der Waals surface area contributed by atoms with Crippen molar-refractivity contribution in [2.75, 3.05) is 6.54 Å². The normalized spacial score (nSPS) is 52.9. The monoisotopic (exact) mass is 151 g/mol. The van der Waals surface area contributed by atoms with E-state index in [9.17, 15) is 4.79 Å². The van der Waals surface area contributed by atoms with Gasteiger partial charge in [-0.3, -0.25) is 4.79 Å². The van der Waals surface area contributed by atoms with Crippen LogP contribution < -0.4 is 5.32 Å². The number of carbonyl (C=O) groups excluding carboxylic acids is 1. The lowest BCUT2D eigenvalue weighted by molar-refractivity contribution is -0.124. The van der Waals surface area contributed by atoms with Gasteiger partial charge in [0.15, 0.2) is 0 Å². The highest BCUT2D eigenvalue weighted by Crippen LogP contribution is 2.53. The van der Waals surface area contributed by atoms with Crippen molar-refractivity contribution in [3.8, 4) is 0 Å². The fourth-order valence-corrected chi connectivity index (χ4v) is 3.45. The molecule has 3 aliphatic rings. The second-order valence-electron chi connectivity index (χ2n) is 4.27. The quantitative estimate of drug-likeness (QED) is 0.544. The molecule has 2 aliphatic carbocycles. The molecule has 0 radical (unpaired) electrons. The largest absolute Gasteiger partial charge is 0.356 e. The number of rotatable bonds is 0. The van der Waals surface area contributed by atoms with Crippen molar-refractivity contribution < 1.29 is 4.79 Å². The van der Waals surface area contributed by atoms with E-state index in [0.717, 1.165) is 24.3 Å². The minimum Gasteiger partial charge on any atom is -0.356 e. The summed E-state index contributed by atoms with van der Waals surface area (Å²) in [7, 11) is 0. The highest BCUT2D eigenvalue weighted by atomic mass is 16.2. The van der Waals surface area contributed by atoms with Gasteiger partial charge >= 0.3 is 0 Å². The first-order valence-electron chi connectivity index (χ1n) is 4.64. The first kappa shape index (κ1) is 6.04. The van der Waals surface area contributed by atoms with Gasteiger partial charge in [0.05, 0.1) is 0 Å². The molecular formula is C9H13NO. The number of hydrogen-bond donors (Lipinski definition) is 1. The van der Waals surface area contributed by atoms with E-state index in [1.165, 1.54) is 19.3 Å². The summed E-state index contributed by atoms with van der Waals surface area (Å²) < 4.78 is 0. The molecule has 3 rings (SSSR count). The molecule has 0 unspecified atom stereocenters. The van der Waals surface area contributed by atoms with Gasteiger partial charge in [0.25, 0.3) is 0 Å². The predicted molar refractivity (Wildman–Crippen MR) is 40.8 cm³/mol. The number of nitrogens with one attached hydrogen (secondary N) is 1. The number of hydrogen-bond acceptors (Lipinski definition) is 1. The van der Waals surface area contributed by atoms with Gasteiger partial charge in [-0.25, -0.2) is 0 Å². The standard InChI is InChI=1S/C9H13NO/c11-9-8-6-2-1-5(3-6)7(8)4-10-9/h5-8H,1-4H2,(H,10,11)/t5-,6-,7+,8-/m0/s1. The van der Waals surface area contributed by atoms with Crippen LogP contribution in [0.4, 0.5) is 0 Å². The molecule has 0 aromatic heterocycles. The topological polar surface area (TPSA) is 29.1 Å². The Hall–Kier alpha value is -0.530. The lowest BCUT2D eigenvalue weighted by Gasteiger charge is -2.20. The Morgan fingerprint density at radius 2 is 2.09 bits per heavy atom. The Bertz CT molecular complexity index is 214. The van der Waals surface area contributed by atoms with Crippen LogP contribution in [-0.4, -0.2) is 12.5 Å². The SMILES string of the molecule is O=C1NC[C@@H]2[C@H]3CC[C@@H](C3)[C@H]12. The van der Waals surface area contributed by atoms with Gasteiger partial charge in [-0.05, 0) is 37.0 Å². The van der Waals surface area contributed by atoms with Gasteiger partial charge in [-0.1, -0.05) is 0 Å². The summed E-state index contributed by atoms with van der Waals surface area (Å²) in [4.78, 5) is 11.3. The summed E-state index contributed by atoms with van der Waals surface area (Å²) in [6.45, 7) is 0.977. The van der Waals surface area contributed by atoms with Crippen LogP contribution in [0.15, 0.2) is 0 Å². The van der Waals surface area contributed by atoms with Crippen molar-refractivity contribution in [2.45, 2.75) is 19.3 Å². The molecule has 1 heterocycles. The molecule has 11 heavy (non-hydrogen) atoms. The highest BCUT2D eigenvalue weighted by molar-refractivity contribution is 5.82. The van der Waals surface area contributed by atoms with Gasteiger partial charge in [-0.2, -0.15) is 0 Å². The summed E-state index contributed by atoms with van der Waals surface area (Å²) in [6.07, 6.45) is 4.06. The second-order valence-corrected chi connectivity index (χ2v) is 4.27. The van der Waals surface area contributed by atoms with Crippen molar-refractivity contribution in [1.82, 2.24) is 5.32 Å². The Labute approximate surface area is 66.4 Å². The van der Waals surface area contributed by atoms with Gasteiger partial charge in [0.2, 0.25) is 5.91 Å². The van der Waals surface area contributed by atoms with Crippen LogP contribution in [0.1, 0.15) is 19.3 Å². The van der Waals surface area contributed by atoms with Crippen LogP contribution in [0.25, 0.3) is 0 Å². The molecule has 2 saturated carbocycles. The van der Waals surface area contributed by atoms with Crippen LogP contribution in [0.2, 0.25) is 0 Å². The van der Waals surface area contributed by atoms with Crippen molar-refractivity contribution >= 4 is 5.91 Å². The molecule has 2 heteroatoms. The molecular weight excluding hydrogens is 138 g/mol. The zero-order valence-corrected chi connectivity index (χ0v) is 6.55. The maximum atomic E-state index is 11.3. The molecule has 1 amide bonds. The van der Waals surface area contributed by atoms with E-state index in [0.29, 0.717) is 11.8 Å². The van der Waals surface area contributed by atoms with E-state index in [2.05, 4.69) is 5.32 Å². The summed E-state index contributed by atoms with van der Waals surface area (Å²) >= 11 is 0. The number of carbonyl (C=O) groups is 1. The molecule has 0 aromatic carbocycles. The van der Waals surface area contributed by atoms with E-state index in [-0.39, 0.29) is 0 Å². The van der Waals surface area contributed by atoms with E-state index < -0.39 is 0 Å². The lowest BCUT2D eigenvalue weighted by atomic mass is 9.81. The zero-order chi connectivity index (χ0) is 7.42. The molecule has 4 atom stereocenters. The van der Waals surface area contributed by atoms with Crippen LogP contribution >= 0.6 is 0 Å². The Balaban J connectivity index is 1.97. The van der Waals surface area contributed by atoms with Crippen LogP contribution in [-0.2, 0) is 4.79 Å². The molecule has 0 spiro atoms. The first-order valence-corrected chi connectivity index (χ1v) is 4.64. The van der Waals surface area contributed by atoms with Gasteiger partial charge in [-0.15, -0.1) is 0 Å². The van der Waals surface area contributed by atoms with E-state index >= 15 is 0 Å². The van der Waals surface area contributed by atoms with Crippen molar-refractivity contribution in [1.29, 1.82) is 0 Å². The third kappa shape index (κ3) is 0.608. The average Bonchev–Trinajstić information content (AvgIpc) is 2.60. The minimum atomic E-state index is 0.349. The van der Waals surface area contributed by atoms with E-state index in [4.69, 9.17) is 0 Å². The molecule has 1 aliphatic heterocycles. The summed E-state index contributed by atoms with van der Waals surface area (Å²) in [6, 6.07) is 0. The van der Waals surface area contributed by atoms with Crippen molar-refractivity contribution in [2.24, 2.45) is 23.7 Å². The Morgan fingerprint density at radius 3 is 2.91 bits per heavy atom. The minimum absolute atomic E-state index is 0.349. The van der Waals surface area contributed by atoms with Crippen molar-refractivity contribution in [3.05, 3.63) is 0 Å². The first-order chi connectivity index (χ1) is 5.36. The molecule has 1 N–H and O–H groups in total. The third-order valence-electron chi connectivity index (χ3n) is 3.90. The number of fused-ring (bicyclic) bond motifs is 5. The maximum absolute atomic E-state index is 11.3. The lowest BCUT2D eigenvalue weighted by Crippen LogP contribution is -2.24. The van der Waals surface area contributed by atoms with Crippen LogP contribution in [0.3, 0.4) is 0 Å². The summed E-state index contributed by atoms with van der Waals surface area (Å²) in [5.74, 6) is 3.15. The Morgan fingerprint density at radius 1 is 1.27 bits per heavy atom. The molecule has 3 fully saturated rings. The fraction of sp³-hybridized carbons (Fsp3) is 0.889. The van der Waals surface area contributed by atoms with Crippen LogP contribution in [0, 0.1) is 23.7 Å². The van der Waals surface area contributed by atoms with E-state index in [1.54, 1.807) is 0 Å². The molecule has 2 bridgehead atoms. The molecule has 1 saturated heterocycles. The van der Waals surface area contributed by atoms with Gasteiger partial charge in [0.1, 0.15) is 0 Å².